The minimum absolute atomic E-state index is 0.00459. The molecule has 2 unspecified atom stereocenters. The van der Waals surface area contributed by atoms with Crippen LogP contribution in [0, 0.1) is 11.8 Å². The summed E-state index contributed by atoms with van der Waals surface area (Å²) in [5, 5.41) is 13.4. The van der Waals surface area contributed by atoms with Gasteiger partial charge in [-0.2, -0.15) is 0 Å². The first kappa shape index (κ1) is 25.2. The Bertz CT molecular complexity index is 609. The molecule has 2 N–H and O–H groups in total. The van der Waals surface area contributed by atoms with Gasteiger partial charge in [-0.15, -0.1) is 6.58 Å². The van der Waals surface area contributed by atoms with Crippen LogP contribution in [0.5, 0.6) is 0 Å². The molecule has 0 aromatic heterocycles. The summed E-state index contributed by atoms with van der Waals surface area (Å²) >= 11 is 0. The molecule has 0 spiro atoms. The number of rotatable bonds is 10. The minimum atomic E-state index is -1.06. The molecule has 4 heteroatoms. The number of fused-ring (bicyclic) bond motifs is 1. The highest BCUT2D eigenvalue weighted by Gasteiger charge is 2.62. The molecule has 1 aliphatic heterocycles. The second-order valence-corrected chi connectivity index (χ2v) is 8.01. The number of hydrogen-bond acceptors (Lipinski definition) is 3. The molecule has 164 valence electrons. The van der Waals surface area contributed by atoms with Crippen molar-refractivity contribution in [2.24, 2.45) is 11.8 Å². The van der Waals surface area contributed by atoms with Gasteiger partial charge < -0.3 is 15.2 Å². The molecular weight excluding hydrogens is 362 g/mol. The topological polar surface area (TPSA) is 58.6 Å². The van der Waals surface area contributed by atoms with E-state index < -0.39 is 11.7 Å². The van der Waals surface area contributed by atoms with Crippen molar-refractivity contribution in [3.8, 4) is 0 Å². The zero-order valence-electron chi connectivity index (χ0n) is 18.9. The Morgan fingerprint density at radius 1 is 1.24 bits per heavy atom. The van der Waals surface area contributed by atoms with Crippen molar-refractivity contribution in [1.82, 2.24) is 5.32 Å². The van der Waals surface area contributed by atoms with Crippen molar-refractivity contribution in [3.05, 3.63) is 49.3 Å². The zero-order chi connectivity index (χ0) is 22.0. The SMILES string of the molecule is C=CCCCCCC/C=C/C(=C)O[C@]12CC(O)C(=C)[C@@H](C)C1[C@H](C)NC2=O.CC. The fourth-order valence-corrected chi connectivity index (χ4v) is 4.54. The van der Waals surface area contributed by atoms with Crippen LogP contribution in [0.15, 0.2) is 49.3 Å². The molecule has 1 aliphatic carbocycles. The maximum absolute atomic E-state index is 12.7. The molecule has 29 heavy (non-hydrogen) atoms. The predicted octanol–water partition coefficient (Wildman–Crippen LogP) is 5.46. The van der Waals surface area contributed by atoms with E-state index in [0.29, 0.717) is 5.76 Å². The van der Waals surface area contributed by atoms with Crippen molar-refractivity contribution in [3.63, 3.8) is 0 Å². The van der Waals surface area contributed by atoms with Crippen LogP contribution in [0.3, 0.4) is 0 Å². The summed E-state index contributed by atoms with van der Waals surface area (Å²) in [4.78, 5) is 12.7. The molecule has 2 rings (SSSR count). The van der Waals surface area contributed by atoms with Gasteiger partial charge in [-0.25, -0.2) is 0 Å². The van der Waals surface area contributed by atoms with Gasteiger partial charge in [0.1, 0.15) is 5.76 Å². The number of carbonyl (C=O) groups is 1. The lowest BCUT2D eigenvalue weighted by Crippen LogP contribution is -2.54. The molecule has 0 radical (unpaired) electrons. The molecule has 1 saturated heterocycles. The highest BCUT2D eigenvalue weighted by molar-refractivity contribution is 5.89. The first-order valence-corrected chi connectivity index (χ1v) is 11.2. The lowest BCUT2D eigenvalue weighted by atomic mass is 9.65. The highest BCUT2D eigenvalue weighted by Crippen LogP contribution is 2.48. The number of amides is 1. The first-order valence-electron chi connectivity index (χ1n) is 11.2. The van der Waals surface area contributed by atoms with E-state index in [2.05, 4.69) is 31.1 Å². The monoisotopic (exact) mass is 403 g/mol. The van der Waals surface area contributed by atoms with E-state index in [4.69, 9.17) is 4.74 Å². The third kappa shape index (κ3) is 6.08. The molecule has 5 atom stereocenters. The van der Waals surface area contributed by atoms with E-state index in [0.717, 1.165) is 24.8 Å². The van der Waals surface area contributed by atoms with Crippen molar-refractivity contribution >= 4 is 5.91 Å². The number of allylic oxidation sites excluding steroid dienone is 3. The Hall–Kier alpha value is -1.81. The van der Waals surface area contributed by atoms with Gasteiger partial charge in [0.05, 0.1) is 6.10 Å². The summed E-state index contributed by atoms with van der Waals surface area (Å²) in [6.45, 7) is 19.7. The third-order valence-electron chi connectivity index (χ3n) is 6.01. The number of unbranched alkanes of at least 4 members (excludes halogenated alkanes) is 5. The summed E-state index contributed by atoms with van der Waals surface area (Å²) in [7, 11) is 0. The van der Waals surface area contributed by atoms with Crippen LogP contribution in [0.4, 0.5) is 0 Å². The average molecular weight is 404 g/mol. The second kappa shape index (κ2) is 12.0. The molecule has 4 nitrogen and oxygen atoms in total. The molecule has 1 heterocycles. The average Bonchev–Trinajstić information content (AvgIpc) is 2.93. The lowest BCUT2D eigenvalue weighted by Gasteiger charge is -2.44. The van der Waals surface area contributed by atoms with Crippen LogP contribution < -0.4 is 5.32 Å². The van der Waals surface area contributed by atoms with Gasteiger partial charge in [0, 0.05) is 18.4 Å². The molecule has 2 fully saturated rings. The second-order valence-electron chi connectivity index (χ2n) is 8.01. The van der Waals surface area contributed by atoms with E-state index in [1.165, 1.54) is 19.3 Å². The number of hydrogen-bond donors (Lipinski definition) is 2. The van der Waals surface area contributed by atoms with Gasteiger partial charge >= 0.3 is 0 Å². The lowest BCUT2D eigenvalue weighted by molar-refractivity contribution is -0.149. The molecule has 0 aromatic carbocycles. The van der Waals surface area contributed by atoms with Gasteiger partial charge in [0.15, 0.2) is 5.60 Å². The number of ether oxygens (including phenoxy) is 1. The molecule has 1 saturated carbocycles. The number of aliphatic hydroxyl groups excluding tert-OH is 1. The molecule has 2 aliphatic rings. The summed E-state index contributed by atoms with van der Waals surface area (Å²) in [5.41, 5.74) is -0.286. The quantitative estimate of drug-likeness (QED) is 0.220. The zero-order valence-corrected chi connectivity index (χ0v) is 18.9. The summed E-state index contributed by atoms with van der Waals surface area (Å²) < 4.78 is 6.13. The van der Waals surface area contributed by atoms with Crippen molar-refractivity contribution in [2.45, 2.75) is 90.4 Å². The van der Waals surface area contributed by atoms with E-state index >= 15 is 0 Å². The predicted molar refractivity (Wildman–Crippen MR) is 121 cm³/mol. The maximum atomic E-state index is 12.7. The fraction of sp³-hybridized carbons (Fsp3) is 0.640. The summed E-state index contributed by atoms with van der Waals surface area (Å²) in [6, 6.07) is -0.0240. The van der Waals surface area contributed by atoms with Crippen LogP contribution in [0.2, 0.25) is 0 Å². The van der Waals surface area contributed by atoms with E-state index in [-0.39, 0.29) is 30.2 Å². The van der Waals surface area contributed by atoms with Crippen LogP contribution in [-0.4, -0.2) is 28.8 Å². The van der Waals surface area contributed by atoms with E-state index in [1.54, 1.807) is 0 Å². The maximum Gasteiger partial charge on any atom is 0.264 e. The van der Waals surface area contributed by atoms with Crippen molar-refractivity contribution < 1.29 is 14.6 Å². The third-order valence-corrected chi connectivity index (χ3v) is 6.01. The molecule has 0 bridgehead atoms. The van der Waals surface area contributed by atoms with Gasteiger partial charge in [0.2, 0.25) is 0 Å². The van der Waals surface area contributed by atoms with Gasteiger partial charge in [-0.3, -0.25) is 4.79 Å². The Balaban J connectivity index is 0.00000204. The normalized spacial score (nSPS) is 30.9. The Kier molecular flexibility index (Phi) is 10.5. The van der Waals surface area contributed by atoms with Crippen LogP contribution >= 0.6 is 0 Å². The molecule has 1 amide bonds. The number of aliphatic hydroxyl groups is 1. The number of carbonyl (C=O) groups excluding carboxylic acids is 1. The standard InChI is InChI=1S/C23H35NO3.C2H6/c1-6-7-8-9-10-11-12-13-14-16(2)27-23-15-20(25)17(3)18(4)21(23)19(5)24-22(23)26;1-2/h6,13-14,18-21,25H,1-3,7-12,15H2,4-5H3,(H,24,26);1-2H3/b14-13+;/t18-,19+,20?,21?,23-;/m1./s1. The van der Waals surface area contributed by atoms with E-state index in [1.807, 2.05) is 39.8 Å². The molecular formula is C25H41NO3. The molecule has 0 aromatic rings. The first-order chi connectivity index (χ1) is 13.8. The Morgan fingerprint density at radius 2 is 1.86 bits per heavy atom. The number of nitrogens with one attached hydrogen (secondary N) is 1. The van der Waals surface area contributed by atoms with Crippen molar-refractivity contribution in [1.29, 1.82) is 0 Å². The van der Waals surface area contributed by atoms with Gasteiger partial charge in [-0.1, -0.05) is 58.9 Å². The van der Waals surface area contributed by atoms with Gasteiger partial charge in [-0.05, 0) is 50.2 Å². The van der Waals surface area contributed by atoms with Crippen LogP contribution in [0.25, 0.3) is 0 Å². The largest absolute Gasteiger partial charge is 0.478 e. The smallest absolute Gasteiger partial charge is 0.264 e. The summed E-state index contributed by atoms with van der Waals surface area (Å²) in [6.07, 6.45) is 12.2. The van der Waals surface area contributed by atoms with Crippen LogP contribution in [0.1, 0.15) is 72.6 Å². The highest BCUT2D eigenvalue weighted by atomic mass is 16.5. The van der Waals surface area contributed by atoms with Crippen molar-refractivity contribution in [2.75, 3.05) is 0 Å². The van der Waals surface area contributed by atoms with Gasteiger partial charge in [0.25, 0.3) is 5.91 Å². The van der Waals surface area contributed by atoms with Crippen LogP contribution in [-0.2, 0) is 9.53 Å². The van der Waals surface area contributed by atoms with E-state index in [9.17, 15) is 9.90 Å². The Labute approximate surface area is 177 Å². The fourth-order valence-electron chi connectivity index (χ4n) is 4.54. The Morgan fingerprint density at radius 3 is 2.48 bits per heavy atom. The summed E-state index contributed by atoms with van der Waals surface area (Å²) in [5.74, 6) is 0.254. The minimum Gasteiger partial charge on any atom is -0.478 e.